The Morgan fingerprint density at radius 3 is 2.64 bits per heavy atom. The van der Waals surface area contributed by atoms with E-state index in [0.29, 0.717) is 41.7 Å². The standard InChI is InChI=1S/C19H31BrN8O4S/c1-12(2)26-33(30,31)7-6-21-16-25-17(24-15-14(20)9-23-28(15)16)27-10-13(11-27)8-22-18(29)32-19(3,4)5/h9,12-13,26H,6-8,10-11H2,1-5H3,(H,22,29)(H,21,24,25). The molecule has 0 unspecified atom stereocenters. The Morgan fingerprint density at radius 1 is 1.30 bits per heavy atom. The first-order valence-electron chi connectivity index (χ1n) is 10.7. The summed E-state index contributed by atoms with van der Waals surface area (Å²) < 4.78 is 34.2. The lowest BCUT2D eigenvalue weighted by molar-refractivity contribution is 0.0516. The molecular formula is C19H31BrN8O4S. The molecule has 0 aliphatic carbocycles. The lowest BCUT2D eigenvalue weighted by Gasteiger charge is -2.39. The van der Waals surface area contributed by atoms with Gasteiger partial charge in [-0.05, 0) is 50.5 Å². The van der Waals surface area contributed by atoms with Crippen molar-refractivity contribution in [3.05, 3.63) is 10.7 Å². The second-order valence-corrected chi connectivity index (χ2v) is 12.0. The molecule has 184 valence electrons. The third kappa shape index (κ3) is 7.14. The van der Waals surface area contributed by atoms with E-state index in [1.807, 2.05) is 25.7 Å². The minimum Gasteiger partial charge on any atom is -0.444 e. The molecule has 3 rings (SSSR count). The van der Waals surface area contributed by atoms with Gasteiger partial charge < -0.3 is 20.3 Å². The quantitative estimate of drug-likeness (QED) is 0.427. The summed E-state index contributed by atoms with van der Waals surface area (Å²) >= 11 is 3.44. The van der Waals surface area contributed by atoms with Gasteiger partial charge in [0.05, 0.1) is 16.4 Å². The molecule has 0 saturated carbocycles. The van der Waals surface area contributed by atoms with Crippen LogP contribution in [-0.2, 0) is 14.8 Å². The second kappa shape index (κ2) is 9.97. The first-order chi connectivity index (χ1) is 15.3. The highest BCUT2D eigenvalue weighted by atomic mass is 79.9. The van der Waals surface area contributed by atoms with Crippen molar-refractivity contribution in [1.82, 2.24) is 29.6 Å². The van der Waals surface area contributed by atoms with Gasteiger partial charge in [0.25, 0.3) is 0 Å². The molecule has 1 fully saturated rings. The third-order valence-electron chi connectivity index (χ3n) is 4.56. The molecule has 3 N–H and O–H groups in total. The highest BCUT2D eigenvalue weighted by Gasteiger charge is 2.30. The van der Waals surface area contributed by atoms with Crippen LogP contribution in [0.4, 0.5) is 16.7 Å². The van der Waals surface area contributed by atoms with Crippen molar-refractivity contribution in [3.63, 3.8) is 0 Å². The number of nitrogens with zero attached hydrogens (tertiary/aromatic N) is 5. The molecule has 0 radical (unpaired) electrons. The first-order valence-corrected chi connectivity index (χ1v) is 13.1. The summed E-state index contributed by atoms with van der Waals surface area (Å²) in [6.07, 6.45) is 1.18. The Hall–Kier alpha value is -2.19. The van der Waals surface area contributed by atoms with Crippen molar-refractivity contribution in [2.24, 2.45) is 5.92 Å². The number of anilines is 2. The summed E-state index contributed by atoms with van der Waals surface area (Å²) in [7, 11) is -3.40. The van der Waals surface area contributed by atoms with Gasteiger partial charge >= 0.3 is 6.09 Å². The normalized spacial score (nSPS) is 15.1. The number of fused-ring (bicyclic) bond motifs is 1. The predicted octanol–water partition coefficient (Wildman–Crippen LogP) is 1.59. The van der Waals surface area contributed by atoms with Crippen molar-refractivity contribution in [1.29, 1.82) is 0 Å². The van der Waals surface area contributed by atoms with E-state index < -0.39 is 21.7 Å². The predicted molar refractivity (Wildman–Crippen MR) is 129 cm³/mol. The fourth-order valence-corrected chi connectivity index (χ4v) is 4.77. The first kappa shape index (κ1) is 25.4. The maximum atomic E-state index is 12.1. The lowest BCUT2D eigenvalue weighted by Crippen LogP contribution is -2.52. The van der Waals surface area contributed by atoms with E-state index in [-0.39, 0.29) is 24.3 Å². The van der Waals surface area contributed by atoms with E-state index in [4.69, 9.17) is 4.74 Å². The highest BCUT2D eigenvalue weighted by Crippen LogP contribution is 2.25. The van der Waals surface area contributed by atoms with Crippen LogP contribution in [0.25, 0.3) is 5.65 Å². The number of nitrogens with one attached hydrogen (secondary N) is 3. The molecule has 33 heavy (non-hydrogen) atoms. The molecule has 2 aromatic rings. The van der Waals surface area contributed by atoms with Gasteiger partial charge in [-0.25, -0.2) is 17.9 Å². The van der Waals surface area contributed by atoms with Crippen molar-refractivity contribution in [3.8, 4) is 0 Å². The van der Waals surface area contributed by atoms with Crippen molar-refractivity contribution >= 4 is 49.6 Å². The maximum Gasteiger partial charge on any atom is 0.407 e. The molecule has 0 aromatic carbocycles. The Kier molecular flexibility index (Phi) is 7.69. The van der Waals surface area contributed by atoms with E-state index in [1.54, 1.807) is 20.0 Å². The van der Waals surface area contributed by atoms with E-state index in [9.17, 15) is 13.2 Å². The number of aromatic nitrogens is 4. The van der Waals surface area contributed by atoms with Gasteiger partial charge in [0, 0.05) is 38.1 Å². The van der Waals surface area contributed by atoms with Gasteiger partial charge in [0.15, 0.2) is 5.65 Å². The van der Waals surface area contributed by atoms with Gasteiger partial charge in [-0.3, -0.25) is 0 Å². The molecule has 12 nitrogen and oxygen atoms in total. The largest absolute Gasteiger partial charge is 0.444 e. The van der Waals surface area contributed by atoms with Gasteiger partial charge in [-0.1, -0.05) is 0 Å². The van der Waals surface area contributed by atoms with Crippen LogP contribution in [-0.4, -0.2) is 77.7 Å². The maximum absolute atomic E-state index is 12.1. The zero-order chi connectivity index (χ0) is 24.4. The molecule has 0 bridgehead atoms. The van der Waals surface area contributed by atoms with E-state index in [1.165, 1.54) is 4.52 Å². The second-order valence-electron chi connectivity index (χ2n) is 9.25. The number of carbonyl (C=O) groups excluding carboxylic acids is 1. The van der Waals surface area contributed by atoms with E-state index >= 15 is 0 Å². The summed E-state index contributed by atoms with van der Waals surface area (Å²) in [5, 5.41) is 10.1. The zero-order valence-electron chi connectivity index (χ0n) is 19.4. The molecular weight excluding hydrogens is 516 g/mol. The summed E-state index contributed by atoms with van der Waals surface area (Å²) in [4.78, 5) is 23.0. The molecule has 14 heteroatoms. The van der Waals surface area contributed by atoms with Crippen LogP contribution >= 0.6 is 15.9 Å². The van der Waals surface area contributed by atoms with Gasteiger partial charge in [-0.15, -0.1) is 0 Å². The minimum atomic E-state index is -3.40. The monoisotopic (exact) mass is 546 g/mol. The summed E-state index contributed by atoms with van der Waals surface area (Å²) in [5.74, 6) is 1.05. The molecule has 1 aliphatic heterocycles. The fourth-order valence-electron chi connectivity index (χ4n) is 3.21. The van der Waals surface area contributed by atoms with Crippen molar-refractivity contribution < 1.29 is 17.9 Å². The molecule has 0 spiro atoms. The summed E-state index contributed by atoms with van der Waals surface area (Å²) in [6.45, 7) is 11.0. The number of hydrogen-bond acceptors (Lipinski definition) is 9. The molecule has 1 saturated heterocycles. The van der Waals surface area contributed by atoms with Crippen LogP contribution in [0.5, 0.6) is 0 Å². The van der Waals surface area contributed by atoms with Gasteiger partial charge in [0.2, 0.25) is 21.9 Å². The van der Waals surface area contributed by atoms with Crippen LogP contribution in [0, 0.1) is 5.92 Å². The number of carbonyl (C=O) groups is 1. The molecule has 0 atom stereocenters. The number of sulfonamides is 1. The van der Waals surface area contributed by atoms with Crippen LogP contribution in [0.2, 0.25) is 0 Å². The van der Waals surface area contributed by atoms with Crippen LogP contribution in [0.3, 0.4) is 0 Å². The van der Waals surface area contributed by atoms with Gasteiger partial charge in [-0.2, -0.15) is 19.6 Å². The Morgan fingerprint density at radius 2 is 2.00 bits per heavy atom. The lowest BCUT2D eigenvalue weighted by atomic mass is 10.0. The zero-order valence-corrected chi connectivity index (χ0v) is 21.8. The number of amides is 1. The SMILES string of the molecule is CC(C)NS(=O)(=O)CCNc1nc(N2CC(CNC(=O)OC(C)(C)C)C2)nc2c(Br)cnn12. The Labute approximate surface area is 202 Å². The number of rotatable bonds is 9. The highest BCUT2D eigenvalue weighted by molar-refractivity contribution is 9.10. The molecule has 2 aromatic heterocycles. The van der Waals surface area contributed by atoms with Crippen molar-refractivity contribution in [2.75, 3.05) is 42.1 Å². The number of ether oxygens (including phenoxy) is 1. The topological polar surface area (TPSA) is 143 Å². The Bertz CT molecular complexity index is 1090. The fraction of sp³-hybridized carbons (Fsp3) is 0.684. The molecule has 3 heterocycles. The van der Waals surface area contributed by atoms with Crippen LogP contribution in [0.15, 0.2) is 10.7 Å². The number of halogens is 1. The average molecular weight is 547 g/mol. The van der Waals surface area contributed by atoms with E-state index in [0.717, 1.165) is 0 Å². The average Bonchev–Trinajstić information content (AvgIpc) is 2.99. The number of alkyl carbamates (subject to hydrolysis) is 1. The van der Waals surface area contributed by atoms with Crippen LogP contribution in [0.1, 0.15) is 34.6 Å². The summed E-state index contributed by atoms with van der Waals surface area (Å²) in [5.41, 5.74) is 0.0339. The minimum absolute atomic E-state index is 0.101. The van der Waals surface area contributed by atoms with Gasteiger partial charge in [0.1, 0.15) is 5.60 Å². The number of hydrogen-bond donors (Lipinski definition) is 3. The van der Waals surface area contributed by atoms with E-state index in [2.05, 4.69) is 46.4 Å². The Balaban J connectivity index is 1.62. The molecule has 1 aliphatic rings. The van der Waals surface area contributed by atoms with Crippen LogP contribution < -0.4 is 20.3 Å². The summed E-state index contributed by atoms with van der Waals surface area (Å²) in [6, 6.07) is -0.168. The smallest absolute Gasteiger partial charge is 0.407 e. The van der Waals surface area contributed by atoms with Crippen molar-refractivity contribution in [2.45, 2.75) is 46.3 Å². The third-order valence-corrected chi connectivity index (χ3v) is 6.69. The molecule has 1 amide bonds.